The molecule has 5 heteroatoms. The zero-order chi connectivity index (χ0) is 12.7. The second-order valence-corrected chi connectivity index (χ2v) is 4.65. The van der Waals surface area contributed by atoms with Gasteiger partial charge in [0, 0.05) is 31.6 Å². The van der Waals surface area contributed by atoms with E-state index in [1.54, 1.807) is 10.9 Å². The second-order valence-electron chi connectivity index (χ2n) is 4.65. The second kappa shape index (κ2) is 7.42. The third-order valence-electron chi connectivity index (χ3n) is 2.82. The van der Waals surface area contributed by atoms with E-state index < -0.39 is 6.10 Å². The summed E-state index contributed by atoms with van der Waals surface area (Å²) in [6.07, 6.45) is 3.78. The van der Waals surface area contributed by atoms with E-state index in [1.165, 1.54) is 0 Å². The highest BCUT2D eigenvalue weighted by molar-refractivity contribution is 4.79. The molecule has 98 valence electrons. The molecule has 0 saturated heterocycles. The average molecular weight is 241 g/mol. The Morgan fingerprint density at radius 3 is 2.71 bits per heavy atom. The Hall–Kier alpha value is -0.910. The third-order valence-corrected chi connectivity index (χ3v) is 2.82. The lowest BCUT2D eigenvalue weighted by molar-refractivity contribution is 0.135. The van der Waals surface area contributed by atoms with Crippen LogP contribution in [0.25, 0.3) is 0 Å². The van der Waals surface area contributed by atoms with Crippen LogP contribution in [0.4, 0.5) is 0 Å². The summed E-state index contributed by atoms with van der Waals surface area (Å²) in [6, 6.07) is 2.08. The molecule has 0 aliphatic rings. The van der Waals surface area contributed by atoms with Gasteiger partial charge < -0.3 is 15.5 Å². The van der Waals surface area contributed by atoms with E-state index in [0.29, 0.717) is 25.4 Å². The molecule has 0 aliphatic carbocycles. The van der Waals surface area contributed by atoms with Gasteiger partial charge in [0.15, 0.2) is 0 Å². The number of aliphatic hydroxyl groups excluding tert-OH is 2. The molecule has 0 spiro atoms. The highest BCUT2D eigenvalue weighted by Gasteiger charge is 2.14. The van der Waals surface area contributed by atoms with Crippen LogP contribution in [0.3, 0.4) is 0 Å². The molecular weight excluding hydrogens is 218 g/mol. The van der Waals surface area contributed by atoms with E-state index in [9.17, 15) is 5.11 Å². The molecule has 17 heavy (non-hydrogen) atoms. The van der Waals surface area contributed by atoms with Gasteiger partial charge in [0.2, 0.25) is 0 Å². The molecular formula is C12H23N3O2. The van der Waals surface area contributed by atoms with Gasteiger partial charge in [0.1, 0.15) is 0 Å². The van der Waals surface area contributed by atoms with E-state index in [2.05, 4.69) is 24.3 Å². The van der Waals surface area contributed by atoms with Crippen LogP contribution < -0.4 is 5.32 Å². The maximum atomic E-state index is 9.83. The number of nitrogens with zero attached hydrogens (tertiary/aromatic N) is 2. The summed E-state index contributed by atoms with van der Waals surface area (Å²) in [5.41, 5.74) is 0. The Balaban J connectivity index is 2.28. The Kier molecular flexibility index (Phi) is 6.18. The number of aromatic nitrogens is 2. The number of hydrogen-bond acceptors (Lipinski definition) is 4. The van der Waals surface area contributed by atoms with Crippen molar-refractivity contribution in [3.8, 4) is 0 Å². The summed E-state index contributed by atoms with van der Waals surface area (Å²) < 4.78 is 1.71. The lowest BCUT2D eigenvalue weighted by Gasteiger charge is -2.23. The quantitative estimate of drug-likeness (QED) is 0.610. The Labute approximate surface area is 102 Å². The fraction of sp³-hybridized carbons (Fsp3) is 0.750. The van der Waals surface area contributed by atoms with Crippen LogP contribution in [0.15, 0.2) is 18.5 Å². The van der Waals surface area contributed by atoms with Crippen molar-refractivity contribution in [2.45, 2.75) is 39.0 Å². The molecule has 1 rings (SSSR count). The van der Waals surface area contributed by atoms with Gasteiger partial charge in [-0.2, -0.15) is 5.10 Å². The molecule has 2 atom stereocenters. The minimum absolute atomic E-state index is 0.172. The lowest BCUT2D eigenvalue weighted by atomic mass is 10.0. The van der Waals surface area contributed by atoms with Gasteiger partial charge in [0.25, 0.3) is 0 Å². The van der Waals surface area contributed by atoms with E-state index in [1.807, 2.05) is 12.3 Å². The standard InChI is InChI=1S/C12H23N3O2/c1-10(2)12(4-7-16)13-8-11(17)9-15-6-3-5-14-15/h3,5-6,10-13,16-17H,4,7-9H2,1-2H3. The van der Waals surface area contributed by atoms with Crippen molar-refractivity contribution >= 4 is 0 Å². The average Bonchev–Trinajstić information content (AvgIpc) is 2.76. The molecule has 1 aromatic heterocycles. The molecule has 3 N–H and O–H groups in total. The van der Waals surface area contributed by atoms with Crippen molar-refractivity contribution in [1.82, 2.24) is 15.1 Å². The first-order chi connectivity index (χ1) is 8.13. The van der Waals surface area contributed by atoms with Gasteiger partial charge in [-0.25, -0.2) is 0 Å². The first kappa shape index (κ1) is 14.2. The molecule has 0 radical (unpaired) electrons. The predicted octanol–water partition coefficient (Wildman–Crippen LogP) is 0.241. The molecule has 5 nitrogen and oxygen atoms in total. The SMILES string of the molecule is CC(C)C(CCO)NCC(O)Cn1cccn1. The van der Waals surface area contributed by atoms with Gasteiger partial charge in [0.05, 0.1) is 12.6 Å². The monoisotopic (exact) mass is 241 g/mol. The van der Waals surface area contributed by atoms with Crippen LogP contribution >= 0.6 is 0 Å². The molecule has 1 heterocycles. The van der Waals surface area contributed by atoms with Crippen LogP contribution in [0.5, 0.6) is 0 Å². The summed E-state index contributed by atoms with van der Waals surface area (Å²) in [5, 5.41) is 26.1. The van der Waals surface area contributed by atoms with Crippen molar-refractivity contribution in [3.05, 3.63) is 18.5 Å². The molecule has 0 bridgehead atoms. The van der Waals surface area contributed by atoms with E-state index in [4.69, 9.17) is 5.11 Å². The van der Waals surface area contributed by atoms with Crippen molar-refractivity contribution < 1.29 is 10.2 Å². The molecule has 1 aromatic rings. The number of rotatable bonds is 8. The molecule has 0 fully saturated rings. The normalized spacial score (nSPS) is 15.1. The van der Waals surface area contributed by atoms with Crippen LogP contribution in [0.1, 0.15) is 20.3 Å². The minimum atomic E-state index is -0.463. The lowest BCUT2D eigenvalue weighted by Crippen LogP contribution is -2.40. The number of nitrogens with one attached hydrogen (secondary N) is 1. The first-order valence-electron chi connectivity index (χ1n) is 6.13. The van der Waals surface area contributed by atoms with Crippen LogP contribution in [-0.2, 0) is 6.54 Å². The maximum Gasteiger partial charge on any atom is 0.0860 e. The van der Waals surface area contributed by atoms with E-state index >= 15 is 0 Å². The van der Waals surface area contributed by atoms with Crippen molar-refractivity contribution in [3.63, 3.8) is 0 Å². The fourth-order valence-corrected chi connectivity index (χ4v) is 1.79. The van der Waals surface area contributed by atoms with Gasteiger partial charge in [-0.05, 0) is 18.4 Å². The molecule has 0 aliphatic heterocycles. The van der Waals surface area contributed by atoms with Crippen molar-refractivity contribution in [2.75, 3.05) is 13.2 Å². The number of hydrogen-bond donors (Lipinski definition) is 3. The summed E-state index contributed by atoms with van der Waals surface area (Å²) >= 11 is 0. The highest BCUT2D eigenvalue weighted by Crippen LogP contribution is 2.05. The van der Waals surface area contributed by atoms with Crippen LogP contribution in [0, 0.1) is 5.92 Å². The summed E-state index contributed by atoms with van der Waals surface area (Å²) in [7, 11) is 0. The van der Waals surface area contributed by atoms with E-state index in [0.717, 1.165) is 0 Å². The maximum absolute atomic E-state index is 9.83. The Morgan fingerprint density at radius 1 is 1.41 bits per heavy atom. The molecule has 0 saturated carbocycles. The summed E-state index contributed by atoms with van der Waals surface area (Å²) in [5.74, 6) is 0.444. The predicted molar refractivity (Wildman–Crippen MR) is 66.6 cm³/mol. The summed E-state index contributed by atoms with van der Waals surface area (Å²) in [6.45, 7) is 5.39. The smallest absolute Gasteiger partial charge is 0.0860 e. The highest BCUT2D eigenvalue weighted by atomic mass is 16.3. The summed E-state index contributed by atoms with van der Waals surface area (Å²) in [4.78, 5) is 0. The molecule has 2 unspecified atom stereocenters. The Morgan fingerprint density at radius 2 is 2.18 bits per heavy atom. The minimum Gasteiger partial charge on any atom is -0.396 e. The molecule has 0 amide bonds. The van der Waals surface area contributed by atoms with Crippen molar-refractivity contribution in [1.29, 1.82) is 0 Å². The van der Waals surface area contributed by atoms with Gasteiger partial charge in [-0.3, -0.25) is 4.68 Å². The van der Waals surface area contributed by atoms with Gasteiger partial charge in [-0.15, -0.1) is 0 Å². The van der Waals surface area contributed by atoms with Gasteiger partial charge >= 0.3 is 0 Å². The van der Waals surface area contributed by atoms with Gasteiger partial charge in [-0.1, -0.05) is 13.8 Å². The fourth-order valence-electron chi connectivity index (χ4n) is 1.79. The van der Waals surface area contributed by atoms with Crippen molar-refractivity contribution in [2.24, 2.45) is 5.92 Å². The zero-order valence-electron chi connectivity index (χ0n) is 10.6. The first-order valence-corrected chi connectivity index (χ1v) is 6.13. The number of aliphatic hydroxyl groups is 2. The van der Waals surface area contributed by atoms with E-state index in [-0.39, 0.29) is 12.6 Å². The third kappa shape index (κ3) is 5.30. The Bertz CT molecular complexity index is 288. The zero-order valence-corrected chi connectivity index (χ0v) is 10.6. The largest absolute Gasteiger partial charge is 0.396 e. The van der Waals surface area contributed by atoms with Crippen LogP contribution in [0.2, 0.25) is 0 Å². The topological polar surface area (TPSA) is 70.3 Å². The van der Waals surface area contributed by atoms with Crippen LogP contribution in [-0.4, -0.2) is 45.3 Å². The molecule has 0 aromatic carbocycles.